The minimum absolute atomic E-state index is 0.158. The van der Waals surface area contributed by atoms with Gasteiger partial charge in [0.25, 0.3) is 0 Å². The number of nitrogens with zero attached hydrogens (tertiary/aromatic N) is 1. The molecule has 2 atom stereocenters. The van der Waals surface area contributed by atoms with Crippen LogP contribution in [0.1, 0.15) is 50.8 Å². The van der Waals surface area contributed by atoms with Gasteiger partial charge in [0.1, 0.15) is 6.61 Å². The molecule has 0 aliphatic rings. The van der Waals surface area contributed by atoms with Crippen molar-refractivity contribution in [1.82, 2.24) is 10.3 Å². The highest BCUT2D eigenvalue weighted by Crippen LogP contribution is 2.31. The number of amides is 1. The molecular weight excluding hydrogens is 342 g/mol. The molecule has 2 unspecified atom stereocenters. The Kier molecular flexibility index (Phi) is 7.19. The molecule has 0 bridgehead atoms. The Labute approximate surface area is 161 Å². The number of methoxy groups -OCH3 is 1. The molecule has 27 heavy (non-hydrogen) atoms. The van der Waals surface area contributed by atoms with Crippen LogP contribution in [-0.4, -0.2) is 23.5 Å². The highest BCUT2D eigenvalue weighted by molar-refractivity contribution is 5.85. The van der Waals surface area contributed by atoms with E-state index >= 15 is 0 Å². The largest absolute Gasteiger partial charge is 0.493 e. The fourth-order valence-electron chi connectivity index (χ4n) is 2.79. The summed E-state index contributed by atoms with van der Waals surface area (Å²) in [6, 6.07) is 9.26. The van der Waals surface area contributed by atoms with Gasteiger partial charge in [-0.2, -0.15) is 0 Å². The molecule has 1 aromatic carbocycles. The topological polar surface area (TPSA) is 86.5 Å². The second kappa shape index (κ2) is 9.37. The molecule has 0 spiro atoms. The van der Waals surface area contributed by atoms with Crippen LogP contribution in [0.2, 0.25) is 0 Å². The zero-order chi connectivity index (χ0) is 19.9. The third kappa shape index (κ3) is 5.69. The van der Waals surface area contributed by atoms with Crippen molar-refractivity contribution in [3.63, 3.8) is 0 Å². The SMILES string of the molecule is CCCC(C)(N)C(=O)NC(C)c1ccc(OCc2ccncc2)c(OC)c1. The lowest BCUT2D eigenvalue weighted by Gasteiger charge is -2.26. The van der Waals surface area contributed by atoms with Crippen LogP contribution in [0.5, 0.6) is 11.5 Å². The third-order valence-electron chi connectivity index (χ3n) is 4.47. The molecule has 0 saturated heterocycles. The number of pyridine rings is 1. The van der Waals surface area contributed by atoms with Gasteiger partial charge in [0.15, 0.2) is 11.5 Å². The Morgan fingerprint density at radius 2 is 1.96 bits per heavy atom. The van der Waals surface area contributed by atoms with Gasteiger partial charge in [-0.25, -0.2) is 0 Å². The average Bonchev–Trinajstić information content (AvgIpc) is 2.66. The number of hydrogen-bond donors (Lipinski definition) is 2. The van der Waals surface area contributed by atoms with E-state index in [1.54, 1.807) is 26.4 Å². The molecule has 0 aliphatic carbocycles. The number of carbonyl (C=O) groups is 1. The standard InChI is InChI=1S/C21H29N3O3/c1-5-10-21(3,22)20(25)24-15(2)17-6-7-18(19(13-17)26-4)27-14-16-8-11-23-12-9-16/h6-9,11-13,15H,5,10,14,22H2,1-4H3,(H,24,25). The van der Waals surface area contributed by atoms with Crippen molar-refractivity contribution in [1.29, 1.82) is 0 Å². The van der Waals surface area contributed by atoms with Crippen molar-refractivity contribution in [2.45, 2.75) is 51.8 Å². The summed E-state index contributed by atoms with van der Waals surface area (Å²) in [4.78, 5) is 16.4. The number of benzene rings is 1. The van der Waals surface area contributed by atoms with E-state index in [1.807, 2.05) is 44.2 Å². The van der Waals surface area contributed by atoms with Gasteiger partial charge in [-0.05, 0) is 55.7 Å². The number of hydrogen-bond acceptors (Lipinski definition) is 5. The number of nitrogens with one attached hydrogen (secondary N) is 1. The predicted octanol–water partition coefficient (Wildman–Crippen LogP) is 3.36. The highest BCUT2D eigenvalue weighted by Gasteiger charge is 2.28. The fraction of sp³-hybridized carbons (Fsp3) is 0.429. The molecule has 146 valence electrons. The average molecular weight is 371 g/mol. The van der Waals surface area contributed by atoms with Crippen LogP contribution >= 0.6 is 0 Å². The first-order valence-corrected chi connectivity index (χ1v) is 9.17. The van der Waals surface area contributed by atoms with Gasteiger partial charge in [0, 0.05) is 12.4 Å². The van der Waals surface area contributed by atoms with Gasteiger partial charge >= 0.3 is 0 Å². The van der Waals surface area contributed by atoms with Gasteiger partial charge in [0.05, 0.1) is 18.7 Å². The summed E-state index contributed by atoms with van der Waals surface area (Å²) >= 11 is 0. The third-order valence-corrected chi connectivity index (χ3v) is 4.47. The summed E-state index contributed by atoms with van der Waals surface area (Å²) in [5, 5.41) is 2.98. The normalized spacial score (nSPS) is 14.1. The van der Waals surface area contributed by atoms with E-state index in [1.165, 1.54) is 0 Å². The van der Waals surface area contributed by atoms with E-state index in [0.717, 1.165) is 17.5 Å². The molecule has 6 heteroatoms. The molecular formula is C21H29N3O3. The zero-order valence-electron chi connectivity index (χ0n) is 16.5. The van der Waals surface area contributed by atoms with Crippen LogP contribution in [0, 0.1) is 0 Å². The maximum absolute atomic E-state index is 12.4. The molecule has 0 aliphatic heterocycles. The minimum Gasteiger partial charge on any atom is -0.493 e. The van der Waals surface area contributed by atoms with Gasteiger partial charge in [-0.1, -0.05) is 19.4 Å². The summed E-state index contributed by atoms with van der Waals surface area (Å²) < 4.78 is 11.3. The van der Waals surface area contributed by atoms with Crippen LogP contribution in [0.25, 0.3) is 0 Å². The van der Waals surface area contributed by atoms with Crippen molar-refractivity contribution in [2.75, 3.05) is 7.11 Å². The van der Waals surface area contributed by atoms with E-state index in [2.05, 4.69) is 10.3 Å². The van der Waals surface area contributed by atoms with Crippen LogP contribution < -0.4 is 20.5 Å². The molecule has 0 radical (unpaired) electrons. The summed E-state index contributed by atoms with van der Waals surface area (Å²) in [5.74, 6) is 1.10. The van der Waals surface area contributed by atoms with E-state index in [-0.39, 0.29) is 11.9 Å². The number of rotatable bonds is 9. The van der Waals surface area contributed by atoms with Gasteiger partial charge in [-0.15, -0.1) is 0 Å². The van der Waals surface area contributed by atoms with E-state index in [4.69, 9.17) is 15.2 Å². The Morgan fingerprint density at radius 1 is 1.26 bits per heavy atom. The van der Waals surface area contributed by atoms with Crippen LogP contribution in [0.3, 0.4) is 0 Å². The monoisotopic (exact) mass is 371 g/mol. The Morgan fingerprint density at radius 3 is 2.59 bits per heavy atom. The second-order valence-electron chi connectivity index (χ2n) is 6.92. The van der Waals surface area contributed by atoms with Crippen LogP contribution in [0.15, 0.2) is 42.7 Å². The van der Waals surface area contributed by atoms with Crippen LogP contribution in [-0.2, 0) is 11.4 Å². The molecule has 1 heterocycles. The summed E-state index contributed by atoms with van der Waals surface area (Å²) in [6.45, 7) is 6.12. The predicted molar refractivity (Wildman–Crippen MR) is 106 cm³/mol. The van der Waals surface area contributed by atoms with E-state index in [0.29, 0.717) is 24.5 Å². The molecule has 2 aromatic rings. The van der Waals surface area contributed by atoms with Crippen molar-refractivity contribution < 1.29 is 14.3 Å². The van der Waals surface area contributed by atoms with Gasteiger partial charge < -0.3 is 20.5 Å². The van der Waals surface area contributed by atoms with Crippen LogP contribution in [0.4, 0.5) is 0 Å². The van der Waals surface area contributed by atoms with Crippen molar-refractivity contribution in [2.24, 2.45) is 5.73 Å². The Hall–Kier alpha value is -2.60. The van der Waals surface area contributed by atoms with Crippen molar-refractivity contribution >= 4 is 5.91 Å². The number of nitrogens with two attached hydrogens (primary N) is 1. The molecule has 1 aromatic heterocycles. The molecule has 3 N–H and O–H groups in total. The first-order valence-electron chi connectivity index (χ1n) is 9.17. The molecule has 6 nitrogen and oxygen atoms in total. The summed E-state index contributed by atoms with van der Waals surface area (Å²) in [5.41, 5.74) is 7.18. The van der Waals surface area contributed by atoms with Crippen molar-refractivity contribution in [3.8, 4) is 11.5 Å². The molecule has 0 saturated carbocycles. The lowest BCUT2D eigenvalue weighted by Crippen LogP contribution is -2.52. The van der Waals surface area contributed by atoms with E-state index < -0.39 is 5.54 Å². The molecule has 0 fully saturated rings. The smallest absolute Gasteiger partial charge is 0.240 e. The zero-order valence-corrected chi connectivity index (χ0v) is 16.5. The number of carbonyl (C=O) groups excluding carboxylic acids is 1. The van der Waals surface area contributed by atoms with Gasteiger partial charge in [-0.3, -0.25) is 9.78 Å². The van der Waals surface area contributed by atoms with Gasteiger partial charge in [0.2, 0.25) is 5.91 Å². The Balaban J connectivity index is 2.06. The summed E-state index contributed by atoms with van der Waals surface area (Å²) in [7, 11) is 1.60. The summed E-state index contributed by atoms with van der Waals surface area (Å²) in [6.07, 6.45) is 4.95. The number of aromatic nitrogens is 1. The maximum atomic E-state index is 12.4. The molecule has 2 rings (SSSR count). The fourth-order valence-corrected chi connectivity index (χ4v) is 2.79. The number of ether oxygens (including phenoxy) is 2. The van der Waals surface area contributed by atoms with Crippen molar-refractivity contribution in [3.05, 3.63) is 53.9 Å². The highest BCUT2D eigenvalue weighted by atomic mass is 16.5. The Bertz CT molecular complexity index is 748. The first kappa shape index (κ1) is 20.7. The first-order chi connectivity index (χ1) is 12.9. The second-order valence-corrected chi connectivity index (χ2v) is 6.92. The lowest BCUT2D eigenvalue weighted by molar-refractivity contribution is -0.126. The quantitative estimate of drug-likeness (QED) is 0.706. The lowest BCUT2D eigenvalue weighted by atomic mass is 9.95. The van der Waals surface area contributed by atoms with E-state index in [9.17, 15) is 4.79 Å². The maximum Gasteiger partial charge on any atom is 0.240 e. The molecule has 1 amide bonds. The minimum atomic E-state index is -0.874.